The van der Waals surface area contributed by atoms with Crippen molar-refractivity contribution >= 4 is 5.78 Å². The highest BCUT2D eigenvalue weighted by atomic mass is 19.1. The largest absolute Gasteiger partial charge is 0.288 e. The standard InChI is InChI=1S/C15H11F3O/c1-8-3-5-10(12(17)7-8)15(19)13-11(16)6-4-9(2)14(13)18/h3-7H,1-2H3. The van der Waals surface area contributed by atoms with Crippen LogP contribution in [0.3, 0.4) is 0 Å². The summed E-state index contributed by atoms with van der Waals surface area (Å²) < 4.78 is 41.1. The number of carbonyl (C=O) groups is 1. The molecule has 0 unspecified atom stereocenters. The fourth-order valence-corrected chi connectivity index (χ4v) is 1.80. The molecule has 0 bridgehead atoms. The third-order valence-corrected chi connectivity index (χ3v) is 2.88. The van der Waals surface area contributed by atoms with Gasteiger partial charge in [-0.15, -0.1) is 0 Å². The van der Waals surface area contributed by atoms with Gasteiger partial charge in [0, 0.05) is 0 Å². The third kappa shape index (κ3) is 2.38. The second-order valence-corrected chi connectivity index (χ2v) is 4.37. The fourth-order valence-electron chi connectivity index (χ4n) is 1.80. The molecule has 2 aromatic carbocycles. The van der Waals surface area contributed by atoms with Crippen LogP contribution in [0.2, 0.25) is 0 Å². The zero-order valence-electron chi connectivity index (χ0n) is 10.4. The number of carbonyl (C=O) groups excluding carboxylic acids is 1. The first-order valence-corrected chi connectivity index (χ1v) is 5.67. The predicted octanol–water partition coefficient (Wildman–Crippen LogP) is 3.95. The van der Waals surface area contributed by atoms with E-state index < -0.39 is 28.8 Å². The lowest BCUT2D eigenvalue weighted by Crippen LogP contribution is -2.10. The molecular weight excluding hydrogens is 253 g/mol. The van der Waals surface area contributed by atoms with Crippen molar-refractivity contribution in [2.75, 3.05) is 0 Å². The molecule has 0 aliphatic carbocycles. The number of aryl methyl sites for hydroxylation is 2. The van der Waals surface area contributed by atoms with Gasteiger partial charge >= 0.3 is 0 Å². The molecule has 19 heavy (non-hydrogen) atoms. The Morgan fingerprint density at radius 3 is 2.26 bits per heavy atom. The smallest absolute Gasteiger partial charge is 0.201 e. The lowest BCUT2D eigenvalue weighted by molar-refractivity contribution is 0.102. The highest BCUT2D eigenvalue weighted by Gasteiger charge is 2.22. The minimum Gasteiger partial charge on any atom is -0.288 e. The number of hydrogen-bond acceptors (Lipinski definition) is 1. The molecule has 0 N–H and O–H groups in total. The lowest BCUT2D eigenvalue weighted by Gasteiger charge is -2.07. The number of ketones is 1. The van der Waals surface area contributed by atoms with Crippen LogP contribution in [0.25, 0.3) is 0 Å². The second-order valence-electron chi connectivity index (χ2n) is 4.37. The number of benzene rings is 2. The number of rotatable bonds is 2. The van der Waals surface area contributed by atoms with E-state index in [0.29, 0.717) is 5.56 Å². The third-order valence-electron chi connectivity index (χ3n) is 2.88. The van der Waals surface area contributed by atoms with Gasteiger partial charge in [-0.25, -0.2) is 13.2 Å². The van der Waals surface area contributed by atoms with Gasteiger partial charge in [-0.3, -0.25) is 4.79 Å². The van der Waals surface area contributed by atoms with Gasteiger partial charge < -0.3 is 0 Å². The van der Waals surface area contributed by atoms with Gasteiger partial charge in [0.05, 0.1) is 11.1 Å². The average Bonchev–Trinajstić information content (AvgIpc) is 2.34. The van der Waals surface area contributed by atoms with Crippen LogP contribution in [0.1, 0.15) is 27.0 Å². The van der Waals surface area contributed by atoms with E-state index in [1.807, 2.05) is 0 Å². The van der Waals surface area contributed by atoms with Gasteiger partial charge in [0.1, 0.15) is 17.5 Å². The zero-order chi connectivity index (χ0) is 14.2. The van der Waals surface area contributed by atoms with Gasteiger partial charge in [-0.1, -0.05) is 12.1 Å². The fraction of sp³-hybridized carbons (Fsp3) is 0.133. The van der Waals surface area contributed by atoms with Gasteiger partial charge in [0.2, 0.25) is 5.78 Å². The van der Waals surface area contributed by atoms with Crippen molar-refractivity contribution in [3.63, 3.8) is 0 Å². The van der Waals surface area contributed by atoms with E-state index in [4.69, 9.17) is 0 Å². The first kappa shape index (κ1) is 13.3. The Hall–Kier alpha value is -2.10. The van der Waals surface area contributed by atoms with Crippen LogP contribution in [0, 0.1) is 31.3 Å². The molecule has 0 saturated carbocycles. The van der Waals surface area contributed by atoms with Crippen LogP contribution >= 0.6 is 0 Å². The minimum absolute atomic E-state index is 0.136. The maximum atomic E-state index is 13.8. The number of halogens is 3. The molecule has 0 radical (unpaired) electrons. The molecule has 0 heterocycles. The molecule has 0 spiro atoms. The van der Waals surface area contributed by atoms with Gasteiger partial charge in [-0.05, 0) is 43.2 Å². The van der Waals surface area contributed by atoms with E-state index >= 15 is 0 Å². The Balaban J connectivity index is 2.59. The van der Waals surface area contributed by atoms with Crippen LogP contribution in [0.4, 0.5) is 13.2 Å². The molecule has 0 amide bonds. The van der Waals surface area contributed by atoms with Crippen molar-refractivity contribution in [2.45, 2.75) is 13.8 Å². The maximum Gasteiger partial charge on any atom is 0.201 e. The van der Waals surface area contributed by atoms with Crippen molar-refractivity contribution in [2.24, 2.45) is 0 Å². The van der Waals surface area contributed by atoms with Crippen molar-refractivity contribution in [1.29, 1.82) is 0 Å². The molecule has 0 aliphatic rings. The highest BCUT2D eigenvalue weighted by Crippen LogP contribution is 2.21. The van der Waals surface area contributed by atoms with Crippen molar-refractivity contribution in [3.05, 3.63) is 70.0 Å². The van der Waals surface area contributed by atoms with E-state index in [-0.39, 0.29) is 11.1 Å². The molecule has 0 aromatic heterocycles. The first-order valence-electron chi connectivity index (χ1n) is 5.67. The summed E-state index contributed by atoms with van der Waals surface area (Å²) in [7, 11) is 0. The molecule has 0 saturated heterocycles. The van der Waals surface area contributed by atoms with Crippen molar-refractivity contribution in [3.8, 4) is 0 Å². The number of hydrogen-bond donors (Lipinski definition) is 0. The van der Waals surface area contributed by atoms with Gasteiger partial charge in [0.25, 0.3) is 0 Å². The molecular formula is C15H11F3O. The van der Waals surface area contributed by atoms with Crippen LogP contribution in [0.15, 0.2) is 30.3 Å². The van der Waals surface area contributed by atoms with E-state index in [0.717, 1.165) is 12.1 Å². The summed E-state index contributed by atoms with van der Waals surface area (Å²) in [6.45, 7) is 3.07. The van der Waals surface area contributed by atoms with Crippen molar-refractivity contribution < 1.29 is 18.0 Å². The summed E-state index contributed by atoms with van der Waals surface area (Å²) in [6.07, 6.45) is 0. The summed E-state index contributed by atoms with van der Waals surface area (Å²) in [6, 6.07) is 6.12. The van der Waals surface area contributed by atoms with E-state index in [1.54, 1.807) is 6.92 Å². The predicted molar refractivity (Wildman–Crippen MR) is 65.7 cm³/mol. The summed E-state index contributed by atoms with van der Waals surface area (Å²) in [5.41, 5.74) is -0.298. The molecule has 2 aromatic rings. The summed E-state index contributed by atoms with van der Waals surface area (Å²) >= 11 is 0. The summed E-state index contributed by atoms with van der Waals surface area (Å²) in [5.74, 6) is -3.72. The topological polar surface area (TPSA) is 17.1 Å². The molecule has 4 heteroatoms. The van der Waals surface area contributed by atoms with Crippen LogP contribution in [-0.4, -0.2) is 5.78 Å². The summed E-state index contributed by atoms with van der Waals surface area (Å²) in [5, 5.41) is 0. The van der Waals surface area contributed by atoms with Gasteiger partial charge in [0.15, 0.2) is 0 Å². The van der Waals surface area contributed by atoms with E-state index in [2.05, 4.69) is 0 Å². The SMILES string of the molecule is Cc1ccc(C(=O)c2c(F)ccc(C)c2F)c(F)c1. The Labute approximate surface area is 108 Å². The lowest BCUT2D eigenvalue weighted by atomic mass is 9.99. The Bertz CT molecular complexity index is 663. The summed E-state index contributed by atoms with van der Waals surface area (Å²) in [4.78, 5) is 12.1. The molecule has 1 nitrogen and oxygen atoms in total. The molecule has 0 fully saturated rings. The van der Waals surface area contributed by atoms with E-state index in [1.165, 1.54) is 25.1 Å². The quantitative estimate of drug-likeness (QED) is 0.750. The molecule has 2 rings (SSSR count). The first-order chi connectivity index (χ1) is 8.91. The molecule has 0 atom stereocenters. The van der Waals surface area contributed by atoms with Gasteiger partial charge in [-0.2, -0.15) is 0 Å². The average molecular weight is 264 g/mol. The normalized spacial score (nSPS) is 10.6. The Kier molecular flexibility index (Phi) is 3.42. The van der Waals surface area contributed by atoms with Crippen LogP contribution in [-0.2, 0) is 0 Å². The monoisotopic (exact) mass is 264 g/mol. The Morgan fingerprint density at radius 1 is 0.947 bits per heavy atom. The van der Waals surface area contributed by atoms with E-state index in [9.17, 15) is 18.0 Å². The highest BCUT2D eigenvalue weighted by molar-refractivity contribution is 6.09. The van der Waals surface area contributed by atoms with Crippen molar-refractivity contribution in [1.82, 2.24) is 0 Å². The maximum absolute atomic E-state index is 13.8. The molecule has 0 aliphatic heterocycles. The van der Waals surface area contributed by atoms with Crippen LogP contribution in [0.5, 0.6) is 0 Å². The van der Waals surface area contributed by atoms with Crippen LogP contribution < -0.4 is 0 Å². The second kappa shape index (κ2) is 4.88. The minimum atomic E-state index is -0.993. The Morgan fingerprint density at radius 2 is 1.63 bits per heavy atom. The zero-order valence-corrected chi connectivity index (χ0v) is 10.4. The molecule has 98 valence electrons.